The van der Waals surface area contributed by atoms with Gasteiger partial charge in [-0.25, -0.2) is 4.79 Å². The Bertz CT molecular complexity index is 658. The second kappa shape index (κ2) is 7.92. The number of nitrogens with two attached hydrogens (primary N) is 1. The summed E-state index contributed by atoms with van der Waals surface area (Å²) in [6.45, 7) is 3.17. The molecule has 2 amide bonds. The van der Waals surface area contributed by atoms with Crippen molar-refractivity contribution in [1.82, 2.24) is 20.4 Å². The van der Waals surface area contributed by atoms with E-state index in [1.54, 1.807) is 0 Å². The zero-order valence-corrected chi connectivity index (χ0v) is 13.6. The van der Waals surface area contributed by atoms with Gasteiger partial charge in [-0.1, -0.05) is 35.5 Å². The third kappa shape index (κ3) is 4.79. The second-order valence-corrected chi connectivity index (χ2v) is 6.26. The molecule has 1 atom stereocenters. The van der Waals surface area contributed by atoms with Gasteiger partial charge >= 0.3 is 6.03 Å². The van der Waals surface area contributed by atoms with Crippen LogP contribution in [-0.4, -0.2) is 40.7 Å². The molecule has 1 fully saturated rings. The third-order valence-corrected chi connectivity index (χ3v) is 4.24. The summed E-state index contributed by atoms with van der Waals surface area (Å²) >= 11 is 0. The lowest BCUT2D eigenvalue weighted by atomic mass is 9.98. The number of urea groups is 1. The predicted molar refractivity (Wildman–Crippen MR) is 89.1 cm³/mol. The average Bonchev–Trinajstić information content (AvgIpc) is 3.01. The molecule has 3 N–H and O–H groups in total. The number of aromatic nitrogens is 2. The van der Waals surface area contributed by atoms with Crippen LogP contribution in [0.1, 0.15) is 30.1 Å². The van der Waals surface area contributed by atoms with Crippen LogP contribution in [0.15, 0.2) is 34.9 Å². The summed E-state index contributed by atoms with van der Waals surface area (Å²) in [4.78, 5) is 17.6. The molecule has 128 valence electrons. The zero-order chi connectivity index (χ0) is 16.8. The van der Waals surface area contributed by atoms with E-state index in [4.69, 9.17) is 10.3 Å². The molecule has 1 aliphatic heterocycles. The van der Waals surface area contributed by atoms with E-state index in [0.717, 1.165) is 25.9 Å². The first-order chi connectivity index (χ1) is 11.7. The maximum Gasteiger partial charge on any atom is 0.312 e. The minimum absolute atomic E-state index is 0.415. The van der Waals surface area contributed by atoms with Gasteiger partial charge in [-0.2, -0.15) is 4.98 Å². The van der Waals surface area contributed by atoms with Gasteiger partial charge in [0.05, 0.1) is 6.54 Å². The number of piperidine rings is 1. The molecule has 2 heterocycles. The Kier molecular flexibility index (Phi) is 5.43. The van der Waals surface area contributed by atoms with Crippen LogP contribution in [0, 0.1) is 5.92 Å². The Morgan fingerprint density at radius 1 is 1.38 bits per heavy atom. The molecule has 0 unspecified atom stereocenters. The van der Waals surface area contributed by atoms with E-state index in [-0.39, 0.29) is 0 Å². The number of carbonyl (C=O) groups is 1. The van der Waals surface area contributed by atoms with Crippen LogP contribution in [0.4, 0.5) is 4.79 Å². The Balaban J connectivity index is 1.51. The Morgan fingerprint density at radius 2 is 2.21 bits per heavy atom. The Hall–Kier alpha value is -2.41. The molecule has 1 saturated heterocycles. The van der Waals surface area contributed by atoms with Crippen LogP contribution in [0.25, 0.3) is 0 Å². The van der Waals surface area contributed by atoms with Gasteiger partial charge < -0.3 is 15.6 Å². The van der Waals surface area contributed by atoms with E-state index in [9.17, 15) is 4.79 Å². The lowest BCUT2D eigenvalue weighted by Gasteiger charge is -2.31. The van der Waals surface area contributed by atoms with Crippen LogP contribution < -0.4 is 11.1 Å². The van der Waals surface area contributed by atoms with Gasteiger partial charge in [-0.3, -0.25) is 4.90 Å². The van der Waals surface area contributed by atoms with E-state index in [0.29, 0.717) is 37.1 Å². The number of primary amides is 1. The van der Waals surface area contributed by atoms with E-state index < -0.39 is 6.03 Å². The van der Waals surface area contributed by atoms with Crippen LogP contribution in [0.3, 0.4) is 0 Å². The van der Waals surface area contributed by atoms with Crippen LogP contribution in [0.2, 0.25) is 0 Å². The van der Waals surface area contributed by atoms with Crippen molar-refractivity contribution in [1.29, 1.82) is 0 Å². The summed E-state index contributed by atoms with van der Waals surface area (Å²) in [5.41, 5.74) is 6.30. The fourth-order valence-corrected chi connectivity index (χ4v) is 3.10. The van der Waals surface area contributed by atoms with Crippen LogP contribution in [0.5, 0.6) is 0 Å². The fraction of sp³-hybridized carbons (Fsp3) is 0.471. The van der Waals surface area contributed by atoms with Gasteiger partial charge in [-0.05, 0) is 30.9 Å². The van der Waals surface area contributed by atoms with Crippen LogP contribution in [-0.2, 0) is 13.0 Å². The molecule has 0 spiro atoms. The van der Waals surface area contributed by atoms with Crippen LogP contribution >= 0.6 is 0 Å². The largest absolute Gasteiger partial charge is 0.352 e. The first-order valence-corrected chi connectivity index (χ1v) is 8.30. The highest BCUT2D eigenvalue weighted by Gasteiger charge is 2.22. The molecule has 24 heavy (non-hydrogen) atoms. The highest BCUT2D eigenvalue weighted by atomic mass is 16.5. The molecule has 7 nitrogen and oxygen atoms in total. The summed E-state index contributed by atoms with van der Waals surface area (Å²) in [7, 11) is 0. The van der Waals surface area contributed by atoms with Gasteiger partial charge in [0.15, 0.2) is 5.82 Å². The number of hydrogen-bond acceptors (Lipinski definition) is 5. The molecule has 1 aliphatic rings. The number of nitrogens with zero attached hydrogens (tertiary/aromatic N) is 3. The second-order valence-electron chi connectivity index (χ2n) is 6.26. The highest BCUT2D eigenvalue weighted by Crippen LogP contribution is 2.18. The first-order valence-electron chi connectivity index (χ1n) is 8.30. The van der Waals surface area contributed by atoms with Crippen molar-refractivity contribution < 1.29 is 9.32 Å². The van der Waals surface area contributed by atoms with Crippen molar-refractivity contribution in [3.63, 3.8) is 0 Å². The van der Waals surface area contributed by atoms with Crippen molar-refractivity contribution in [3.8, 4) is 0 Å². The van der Waals surface area contributed by atoms with Crippen molar-refractivity contribution in [2.45, 2.75) is 25.8 Å². The number of benzene rings is 1. The molecular formula is C17H23N5O2. The molecule has 2 aromatic rings. The van der Waals surface area contributed by atoms with Gasteiger partial charge in [0.25, 0.3) is 0 Å². The summed E-state index contributed by atoms with van der Waals surface area (Å²) in [5, 5.41) is 6.76. The third-order valence-electron chi connectivity index (χ3n) is 4.24. The number of amides is 2. The summed E-state index contributed by atoms with van der Waals surface area (Å²) in [6, 6.07) is 9.64. The highest BCUT2D eigenvalue weighted by molar-refractivity contribution is 5.71. The maximum atomic E-state index is 10.8. The predicted octanol–water partition coefficient (Wildman–Crippen LogP) is 1.54. The number of rotatable bonds is 6. The van der Waals surface area contributed by atoms with Crippen molar-refractivity contribution in [3.05, 3.63) is 47.6 Å². The van der Waals surface area contributed by atoms with E-state index in [2.05, 4.69) is 32.5 Å². The molecule has 0 aliphatic carbocycles. The van der Waals surface area contributed by atoms with Gasteiger partial charge in [0, 0.05) is 19.5 Å². The topological polar surface area (TPSA) is 97.3 Å². The summed E-state index contributed by atoms with van der Waals surface area (Å²) < 4.78 is 5.38. The lowest BCUT2D eigenvalue weighted by molar-refractivity contribution is 0.149. The summed E-state index contributed by atoms with van der Waals surface area (Å²) in [5.74, 6) is 1.77. The zero-order valence-electron chi connectivity index (χ0n) is 13.6. The Labute approximate surface area is 141 Å². The quantitative estimate of drug-likeness (QED) is 0.838. The van der Waals surface area contributed by atoms with E-state index in [1.807, 2.05) is 18.2 Å². The van der Waals surface area contributed by atoms with Crippen molar-refractivity contribution in [2.75, 3.05) is 19.6 Å². The monoisotopic (exact) mass is 329 g/mol. The van der Waals surface area contributed by atoms with E-state index >= 15 is 0 Å². The van der Waals surface area contributed by atoms with Gasteiger partial charge in [0.2, 0.25) is 5.89 Å². The standard InChI is InChI=1S/C17H23N5O2/c18-17(23)19-10-14-7-4-8-22(11-14)12-16-20-15(21-24-16)9-13-5-2-1-3-6-13/h1-3,5-6,14H,4,7-12H2,(H3,18,19,23)/t14-/m0/s1. The molecule has 1 aromatic heterocycles. The number of nitrogens with one attached hydrogen (secondary N) is 1. The van der Waals surface area contributed by atoms with Crippen molar-refractivity contribution >= 4 is 6.03 Å². The first kappa shape index (κ1) is 16.4. The maximum absolute atomic E-state index is 10.8. The van der Waals surface area contributed by atoms with E-state index in [1.165, 1.54) is 5.56 Å². The van der Waals surface area contributed by atoms with Gasteiger partial charge in [0.1, 0.15) is 0 Å². The Morgan fingerprint density at radius 3 is 3.00 bits per heavy atom. The molecule has 0 saturated carbocycles. The SMILES string of the molecule is NC(=O)NC[C@@H]1CCCN(Cc2nc(Cc3ccccc3)no2)C1. The molecule has 0 bridgehead atoms. The molecule has 7 heteroatoms. The smallest absolute Gasteiger partial charge is 0.312 e. The summed E-state index contributed by atoms with van der Waals surface area (Å²) in [6.07, 6.45) is 2.87. The molecular weight excluding hydrogens is 306 g/mol. The normalized spacial score (nSPS) is 18.4. The van der Waals surface area contributed by atoms with Gasteiger partial charge in [-0.15, -0.1) is 0 Å². The lowest BCUT2D eigenvalue weighted by Crippen LogP contribution is -2.41. The fourth-order valence-electron chi connectivity index (χ4n) is 3.10. The minimum atomic E-state index is -0.463. The molecule has 1 aromatic carbocycles. The molecule has 3 rings (SSSR count). The number of likely N-dealkylation sites (tertiary alicyclic amines) is 1. The number of hydrogen-bond donors (Lipinski definition) is 2. The number of carbonyl (C=O) groups excluding carboxylic acids is 1. The average molecular weight is 329 g/mol. The minimum Gasteiger partial charge on any atom is -0.352 e. The molecule has 0 radical (unpaired) electrons. The van der Waals surface area contributed by atoms with Crippen molar-refractivity contribution in [2.24, 2.45) is 11.7 Å².